The van der Waals surface area contributed by atoms with Crippen molar-refractivity contribution in [2.45, 2.75) is 26.8 Å². The highest BCUT2D eigenvalue weighted by Crippen LogP contribution is 2.24. The lowest BCUT2D eigenvalue weighted by atomic mass is 10.2. The molecule has 20 heavy (non-hydrogen) atoms. The van der Waals surface area contributed by atoms with Crippen molar-refractivity contribution >= 4 is 11.4 Å². The van der Waals surface area contributed by atoms with E-state index in [1.54, 1.807) is 18.5 Å². The summed E-state index contributed by atoms with van der Waals surface area (Å²) in [5.74, 6) is 0.908. The number of hydrogen-bond acceptors (Lipinski definition) is 5. The maximum absolute atomic E-state index is 11.0. The Bertz CT molecular complexity index is 609. The number of rotatable bonds is 6. The predicted octanol–water partition coefficient (Wildman–Crippen LogP) is 2.17. The molecule has 0 spiro atoms. The lowest BCUT2D eigenvalue weighted by Gasteiger charge is -2.09. The van der Waals surface area contributed by atoms with Crippen molar-refractivity contribution in [3.63, 3.8) is 0 Å². The first kappa shape index (κ1) is 14.0. The molecule has 106 valence electrons. The van der Waals surface area contributed by atoms with E-state index < -0.39 is 0 Å². The zero-order valence-electron chi connectivity index (χ0n) is 11.5. The highest BCUT2D eigenvalue weighted by Gasteiger charge is 2.12. The number of aromatic nitrogens is 3. The monoisotopic (exact) mass is 275 g/mol. The van der Waals surface area contributed by atoms with Gasteiger partial charge >= 0.3 is 0 Å². The zero-order valence-corrected chi connectivity index (χ0v) is 11.5. The molecule has 0 aliphatic rings. The molecule has 0 unspecified atom stereocenters. The highest BCUT2D eigenvalue weighted by molar-refractivity contribution is 5.62. The summed E-state index contributed by atoms with van der Waals surface area (Å²) >= 11 is 0. The Kier molecular flexibility index (Phi) is 4.29. The molecular formula is C13H17N5O2. The van der Waals surface area contributed by atoms with E-state index >= 15 is 0 Å². The van der Waals surface area contributed by atoms with Crippen LogP contribution in [-0.2, 0) is 13.0 Å². The molecule has 0 saturated heterocycles. The van der Waals surface area contributed by atoms with Crippen molar-refractivity contribution in [2.75, 3.05) is 11.9 Å². The van der Waals surface area contributed by atoms with E-state index in [0.717, 1.165) is 17.8 Å². The molecule has 0 aliphatic carbocycles. The van der Waals surface area contributed by atoms with Crippen LogP contribution in [0.4, 0.5) is 11.4 Å². The van der Waals surface area contributed by atoms with Gasteiger partial charge in [0.1, 0.15) is 17.8 Å². The molecular weight excluding hydrogens is 258 g/mol. The van der Waals surface area contributed by atoms with Crippen LogP contribution in [-0.4, -0.2) is 26.2 Å². The van der Waals surface area contributed by atoms with Crippen molar-refractivity contribution in [1.29, 1.82) is 0 Å². The standard InChI is InChI=1S/C13H17N5O2/c1-3-13-16-15-9-17(13)7-6-14-11-8-10(2)4-5-12(11)18(19)20/h4-5,8-9,14H,3,6-7H2,1-2H3. The fourth-order valence-corrected chi connectivity index (χ4v) is 2.00. The van der Waals surface area contributed by atoms with Gasteiger partial charge in [-0.3, -0.25) is 10.1 Å². The Labute approximate surface area is 116 Å². The molecule has 7 nitrogen and oxygen atoms in total. The Morgan fingerprint density at radius 2 is 2.25 bits per heavy atom. The Morgan fingerprint density at radius 3 is 2.95 bits per heavy atom. The highest BCUT2D eigenvalue weighted by atomic mass is 16.6. The van der Waals surface area contributed by atoms with E-state index in [4.69, 9.17) is 0 Å². The molecule has 0 fully saturated rings. The van der Waals surface area contributed by atoms with Crippen LogP contribution in [0.25, 0.3) is 0 Å². The van der Waals surface area contributed by atoms with Gasteiger partial charge in [-0.25, -0.2) is 0 Å². The zero-order chi connectivity index (χ0) is 14.5. The van der Waals surface area contributed by atoms with Crippen molar-refractivity contribution in [3.8, 4) is 0 Å². The molecule has 0 saturated carbocycles. The number of nitrogens with one attached hydrogen (secondary N) is 1. The topological polar surface area (TPSA) is 85.9 Å². The van der Waals surface area contributed by atoms with E-state index in [1.165, 1.54) is 6.07 Å². The summed E-state index contributed by atoms with van der Waals surface area (Å²) in [4.78, 5) is 10.6. The van der Waals surface area contributed by atoms with Gasteiger partial charge in [-0.1, -0.05) is 13.0 Å². The molecule has 0 bridgehead atoms. The van der Waals surface area contributed by atoms with Crippen LogP contribution >= 0.6 is 0 Å². The van der Waals surface area contributed by atoms with Crippen LogP contribution in [0.5, 0.6) is 0 Å². The number of nitro benzene ring substituents is 1. The molecule has 0 aliphatic heterocycles. The molecule has 0 amide bonds. The SMILES string of the molecule is CCc1nncn1CCNc1cc(C)ccc1[N+](=O)[O-]. The normalized spacial score (nSPS) is 10.5. The lowest BCUT2D eigenvalue weighted by molar-refractivity contribution is -0.384. The van der Waals surface area contributed by atoms with Crippen LogP contribution in [0.1, 0.15) is 18.3 Å². The molecule has 1 N–H and O–H groups in total. The number of nitrogens with zero attached hydrogens (tertiary/aromatic N) is 4. The van der Waals surface area contributed by atoms with Gasteiger partial charge in [0.05, 0.1) is 4.92 Å². The first-order valence-corrected chi connectivity index (χ1v) is 6.47. The number of anilines is 1. The molecule has 1 aromatic carbocycles. The summed E-state index contributed by atoms with van der Waals surface area (Å²) in [7, 11) is 0. The third-order valence-corrected chi connectivity index (χ3v) is 3.03. The van der Waals surface area contributed by atoms with Crippen molar-refractivity contribution in [3.05, 3.63) is 46.0 Å². The maximum atomic E-state index is 11.0. The summed E-state index contributed by atoms with van der Waals surface area (Å²) in [6, 6.07) is 5.04. The molecule has 0 atom stereocenters. The first-order chi connectivity index (χ1) is 9.61. The molecule has 0 radical (unpaired) electrons. The van der Waals surface area contributed by atoms with Gasteiger partial charge < -0.3 is 9.88 Å². The minimum absolute atomic E-state index is 0.0927. The summed E-state index contributed by atoms with van der Waals surface area (Å²) in [5.41, 5.74) is 1.62. The smallest absolute Gasteiger partial charge is 0.292 e. The average Bonchev–Trinajstić information content (AvgIpc) is 2.86. The van der Waals surface area contributed by atoms with Crippen molar-refractivity contribution < 1.29 is 4.92 Å². The second-order valence-corrected chi connectivity index (χ2v) is 4.50. The van der Waals surface area contributed by atoms with Crippen LogP contribution in [0.3, 0.4) is 0 Å². The molecule has 1 heterocycles. The summed E-state index contributed by atoms with van der Waals surface area (Å²) in [6.45, 7) is 5.17. The summed E-state index contributed by atoms with van der Waals surface area (Å²) < 4.78 is 1.94. The van der Waals surface area contributed by atoms with Gasteiger partial charge in [0.15, 0.2) is 0 Å². The third kappa shape index (κ3) is 3.11. The fraction of sp³-hybridized carbons (Fsp3) is 0.385. The van der Waals surface area contributed by atoms with Gasteiger partial charge in [0.2, 0.25) is 0 Å². The van der Waals surface area contributed by atoms with E-state index in [9.17, 15) is 10.1 Å². The van der Waals surface area contributed by atoms with Crippen LogP contribution in [0, 0.1) is 17.0 Å². The van der Waals surface area contributed by atoms with Crippen LogP contribution < -0.4 is 5.32 Å². The summed E-state index contributed by atoms with van der Waals surface area (Å²) in [6.07, 6.45) is 2.48. The Hall–Kier alpha value is -2.44. The quantitative estimate of drug-likeness (QED) is 0.645. The molecule has 7 heteroatoms. The third-order valence-electron chi connectivity index (χ3n) is 3.03. The Balaban J connectivity index is 2.04. The number of aryl methyl sites for hydroxylation is 2. The van der Waals surface area contributed by atoms with Gasteiger partial charge in [-0.15, -0.1) is 10.2 Å². The van der Waals surface area contributed by atoms with Gasteiger partial charge in [0, 0.05) is 25.6 Å². The van der Waals surface area contributed by atoms with E-state index in [1.807, 2.05) is 18.4 Å². The molecule has 2 aromatic rings. The minimum Gasteiger partial charge on any atom is -0.378 e. The maximum Gasteiger partial charge on any atom is 0.292 e. The van der Waals surface area contributed by atoms with E-state index in [-0.39, 0.29) is 10.6 Å². The second-order valence-electron chi connectivity index (χ2n) is 4.50. The summed E-state index contributed by atoms with van der Waals surface area (Å²) in [5, 5.41) is 21.9. The number of benzene rings is 1. The molecule has 1 aromatic heterocycles. The number of nitro groups is 1. The van der Waals surface area contributed by atoms with Gasteiger partial charge in [0.25, 0.3) is 5.69 Å². The van der Waals surface area contributed by atoms with E-state index in [0.29, 0.717) is 18.8 Å². The Morgan fingerprint density at radius 1 is 1.45 bits per heavy atom. The molecule has 2 rings (SSSR count). The van der Waals surface area contributed by atoms with E-state index in [2.05, 4.69) is 15.5 Å². The second kappa shape index (κ2) is 6.14. The van der Waals surface area contributed by atoms with Gasteiger partial charge in [-0.05, 0) is 18.6 Å². The largest absolute Gasteiger partial charge is 0.378 e. The van der Waals surface area contributed by atoms with Gasteiger partial charge in [-0.2, -0.15) is 0 Å². The van der Waals surface area contributed by atoms with Crippen molar-refractivity contribution in [1.82, 2.24) is 14.8 Å². The average molecular weight is 275 g/mol. The van der Waals surface area contributed by atoms with Crippen LogP contribution in [0.2, 0.25) is 0 Å². The predicted molar refractivity (Wildman–Crippen MR) is 75.7 cm³/mol. The van der Waals surface area contributed by atoms with Crippen LogP contribution in [0.15, 0.2) is 24.5 Å². The first-order valence-electron chi connectivity index (χ1n) is 6.47. The lowest BCUT2D eigenvalue weighted by Crippen LogP contribution is -2.13. The number of hydrogen-bond donors (Lipinski definition) is 1. The minimum atomic E-state index is -0.377. The fourth-order valence-electron chi connectivity index (χ4n) is 2.00. The van der Waals surface area contributed by atoms with Crippen molar-refractivity contribution in [2.24, 2.45) is 0 Å².